The van der Waals surface area contributed by atoms with Gasteiger partial charge in [0, 0.05) is 12.7 Å². The van der Waals surface area contributed by atoms with Gasteiger partial charge in [0.05, 0.1) is 16.0 Å². The molecule has 0 unspecified atom stereocenters. The number of amides is 1. The van der Waals surface area contributed by atoms with Crippen LogP contribution in [0.15, 0.2) is 46.4 Å². The number of piperidine rings is 1. The van der Waals surface area contributed by atoms with Gasteiger partial charge in [-0.25, -0.2) is 4.99 Å². The second-order valence-corrected chi connectivity index (χ2v) is 8.50. The molecule has 1 aromatic carbocycles. The minimum Gasteiger partial charge on any atom is -0.300 e. The molecule has 0 aromatic heterocycles. The third-order valence-corrected chi connectivity index (χ3v) is 6.00. The van der Waals surface area contributed by atoms with Crippen LogP contribution < -0.4 is 5.32 Å². The highest BCUT2D eigenvalue weighted by Gasteiger charge is 2.38. The Bertz CT molecular complexity index is 944. The Balaban J connectivity index is 1.68. The number of aliphatic imine (C=N–C) groups is 1. The number of carbonyl (C=O) groups excluding carboxylic acids is 1. The van der Waals surface area contributed by atoms with E-state index in [2.05, 4.69) is 10.3 Å². The molecule has 174 valence electrons. The van der Waals surface area contributed by atoms with Crippen molar-refractivity contribution in [2.75, 3.05) is 13.1 Å². The van der Waals surface area contributed by atoms with E-state index in [-0.39, 0.29) is 29.3 Å². The molecule has 0 bridgehead atoms. The zero-order valence-corrected chi connectivity index (χ0v) is 17.9. The molecule has 0 spiro atoms. The number of alkyl halides is 6. The molecule has 1 aromatic rings. The molecule has 0 atom stereocenters. The van der Waals surface area contributed by atoms with Gasteiger partial charge in [0.25, 0.3) is 5.24 Å². The number of halogens is 6. The molecule has 1 N–H and O–H groups in total. The number of benzene rings is 1. The lowest BCUT2D eigenvalue weighted by Crippen LogP contribution is -2.33. The van der Waals surface area contributed by atoms with Crippen LogP contribution in [0.5, 0.6) is 0 Å². The van der Waals surface area contributed by atoms with Crippen LogP contribution in [-0.4, -0.2) is 29.1 Å². The first kappa shape index (κ1) is 24.4. The highest BCUT2D eigenvalue weighted by molar-refractivity contribution is 8.18. The van der Waals surface area contributed by atoms with E-state index in [1.165, 1.54) is 0 Å². The Hall–Kier alpha value is -2.27. The number of likely N-dealkylation sites (tertiary alicyclic amines) is 1. The van der Waals surface area contributed by atoms with Crippen LogP contribution in [0, 0.1) is 5.92 Å². The Morgan fingerprint density at radius 1 is 1.16 bits per heavy atom. The van der Waals surface area contributed by atoms with E-state index in [1.54, 1.807) is 24.1 Å². The smallest absolute Gasteiger partial charge is 0.300 e. The number of hydrogen-bond acceptors (Lipinski definition) is 4. The Kier molecular flexibility index (Phi) is 7.39. The summed E-state index contributed by atoms with van der Waals surface area (Å²) in [5.74, 6) is 0.590. The normalized spacial score (nSPS) is 21.8. The fourth-order valence-electron chi connectivity index (χ4n) is 3.58. The van der Waals surface area contributed by atoms with E-state index in [1.807, 2.05) is 6.08 Å². The molecule has 2 aliphatic heterocycles. The highest BCUT2D eigenvalue weighted by atomic mass is 32.2. The lowest BCUT2D eigenvalue weighted by molar-refractivity contribution is -0.143. The summed E-state index contributed by atoms with van der Waals surface area (Å²) in [4.78, 5) is 18.4. The predicted octanol–water partition coefficient (Wildman–Crippen LogP) is 6.21. The molecule has 0 saturated carbocycles. The van der Waals surface area contributed by atoms with E-state index in [4.69, 9.17) is 0 Å². The molecular weight excluding hydrogens is 456 g/mol. The molecule has 1 amide bonds. The molecule has 2 saturated heterocycles. The van der Waals surface area contributed by atoms with Crippen LogP contribution in [0.1, 0.15) is 36.5 Å². The van der Waals surface area contributed by atoms with Crippen molar-refractivity contribution in [3.8, 4) is 0 Å². The first-order valence-electron chi connectivity index (χ1n) is 9.87. The van der Waals surface area contributed by atoms with E-state index in [9.17, 15) is 31.1 Å². The van der Waals surface area contributed by atoms with Crippen LogP contribution in [0.2, 0.25) is 0 Å². The summed E-state index contributed by atoms with van der Waals surface area (Å²) in [6, 6.07) is 1.78. The minimum atomic E-state index is -4.87. The lowest BCUT2D eigenvalue weighted by Gasteiger charge is -2.31. The highest BCUT2D eigenvalue weighted by Crippen LogP contribution is 2.38. The fourth-order valence-corrected chi connectivity index (χ4v) is 4.39. The van der Waals surface area contributed by atoms with Gasteiger partial charge >= 0.3 is 12.4 Å². The van der Waals surface area contributed by atoms with E-state index in [0.29, 0.717) is 42.7 Å². The zero-order chi connectivity index (χ0) is 23.5. The van der Waals surface area contributed by atoms with Crippen molar-refractivity contribution in [2.24, 2.45) is 10.9 Å². The first-order valence-corrected chi connectivity index (χ1v) is 10.7. The van der Waals surface area contributed by atoms with Crippen LogP contribution in [-0.2, 0) is 18.9 Å². The maximum atomic E-state index is 13.4. The molecule has 3 rings (SSSR count). The minimum absolute atomic E-state index is 0.0843. The van der Waals surface area contributed by atoms with Crippen LogP contribution in [0.3, 0.4) is 0 Å². The average molecular weight is 477 g/mol. The third-order valence-electron chi connectivity index (χ3n) is 5.17. The summed E-state index contributed by atoms with van der Waals surface area (Å²) in [6.07, 6.45) is -3.17. The van der Waals surface area contributed by atoms with Gasteiger partial charge in [0.15, 0.2) is 0 Å². The largest absolute Gasteiger partial charge is 0.416 e. The summed E-state index contributed by atoms with van der Waals surface area (Å²) >= 11 is 1.05. The van der Waals surface area contributed by atoms with Crippen molar-refractivity contribution in [3.05, 3.63) is 58.1 Å². The van der Waals surface area contributed by atoms with E-state index < -0.39 is 23.5 Å². The number of nitrogens with one attached hydrogen (secondary N) is 1. The number of allylic oxidation sites excluding steroid dienone is 2. The van der Waals surface area contributed by atoms with E-state index in [0.717, 1.165) is 17.8 Å². The summed E-state index contributed by atoms with van der Waals surface area (Å²) in [6.45, 7) is 2.69. The predicted molar refractivity (Wildman–Crippen MR) is 111 cm³/mol. The van der Waals surface area contributed by atoms with Gasteiger partial charge in [0.1, 0.15) is 5.84 Å². The van der Waals surface area contributed by atoms with Gasteiger partial charge in [-0.2, -0.15) is 26.3 Å². The Morgan fingerprint density at radius 3 is 2.44 bits per heavy atom. The van der Waals surface area contributed by atoms with Crippen LogP contribution in [0.4, 0.5) is 31.1 Å². The van der Waals surface area contributed by atoms with Gasteiger partial charge in [-0.05, 0) is 68.2 Å². The summed E-state index contributed by atoms with van der Waals surface area (Å²) in [5.41, 5.74) is -2.75. The van der Waals surface area contributed by atoms with Gasteiger partial charge < -0.3 is 5.32 Å². The van der Waals surface area contributed by atoms with E-state index >= 15 is 0 Å². The van der Waals surface area contributed by atoms with Crippen LogP contribution in [0.25, 0.3) is 0 Å². The molecule has 0 aliphatic carbocycles. The van der Waals surface area contributed by atoms with Crippen molar-refractivity contribution in [2.45, 2.75) is 38.7 Å². The van der Waals surface area contributed by atoms with Crippen molar-refractivity contribution < 1.29 is 31.1 Å². The van der Waals surface area contributed by atoms with Gasteiger partial charge in [-0.3, -0.25) is 9.69 Å². The monoisotopic (exact) mass is 477 g/mol. The Labute approximate surface area is 185 Å². The summed E-state index contributed by atoms with van der Waals surface area (Å²) < 4.78 is 78.7. The molecular formula is C21H21F6N3OS. The average Bonchev–Trinajstić information content (AvgIpc) is 3.05. The maximum Gasteiger partial charge on any atom is 0.416 e. The Morgan fingerprint density at radius 2 is 1.84 bits per heavy atom. The molecule has 32 heavy (non-hydrogen) atoms. The molecule has 0 radical (unpaired) electrons. The van der Waals surface area contributed by atoms with Crippen molar-refractivity contribution in [1.82, 2.24) is 10.2 Å². The summed E-state index contributed by atoms with van der Waals surface area (Å²) in [7, 11) is 0. The first-order chi connectivity index (χ1) is 15.0. The van der Waals surface area contributed by atoms with Crippen molar-refractivity contribution in [1.29, 1.82) is 0 Å². The number of amidine groups is 1. The second-order valence-electron chi connectivity index (χ2n) is 7.49. The standard InChI is InChI=1S/C21H21F6N3OS/c1-2-7-28-18-17(32-19(31)29-18)10-13-5-8-30(9-6-13)12-14-3-4-15(20(22,23)24)11-16(14)21(25,26)27/h2-4,7,10-11,13H,5-6,8-9,12H2,1H3,(H,28,29,31)/b7-2-,17-10-. The molecule has 2 heterocycles. The number of rotatable bonds is 4. The lowest BCUT2D eigenvalue weighted by atomic mass is 9.95. The fraction of sp³-hybridized carbons (Fsp3) is 0.429. The molecule has 2 aliphatic rings. The number of thioether (sulfide) groups is 1. The molecule has 11 heteroatoms. The molecule has 4 nitrogen and oxygen atoms in total. The third kappa shape index (κ3) is 6.16. The van der Waals surface area contributed by atoms with Crippen LogP contribution >= 0.6 is 11.8 Å². The topological polar surface area (TPSA) is 44.7 Å². The SMILES string of the molecule is C\C=C/N=C1/NC(=O)S/C1=C\C1CCN(Cc2ccc(C(F)(F)F)cc2C(F)(F)F)CC1. The maximum absolute atomic E-state index is 13.4. The second kappa shape index (κ2) is 9.70. The van der Waals surface area contributed by atoms with Crippen molar-refractivity contribution >= 4 is 22.8 Å². The van der Waals surface area contributed by atoms with Gasteiger partial charge in [-0.15, -0.1) is 0 Å². The van der Waals surface area contributed by atoms with Gasteiger partial charge in [0.2, 0.25) is 0 Å². The number of hydrogen-bond donors (Lipinski definition) is 1. The molecule has 2 fully saturated rings. The summed E-state index contributed by atoms with van der Waals surface area (Å²) in [5, 5.41) is 2.44. The van der Waals surface area contributed by atoms with Crippen molar-refractivity contribution in [3.63, 3.8) is 0 Å². The quantitative estimate of drug-likeness (QED) is 0.525. The van der Waals surface area contributed by atoms with Gasteiger partial charge in [-0.1, -0.05) is 18.2 Å². The number of carbonyl (C=O) groups is 1. The zero-order valence-electron chi connectivity index (χ0n) is 17.1. The number of nitrogens with zero attached hydrogens (tertiary/aromatic N) is 2.